The maximum absolute atomic E-state index is 11.7. The van der Waals surface area contributed by atoms with Crippen molar-refractivity contribution in [2.75, 3.05) is 33.1 Å². The van der Waals surface area contributed by atoms with Crippen LogP contribution in [0.2, 0.25) is 0 Å². The summed E-state index contributed by atoms with van der Waals surface area (Å²) < 4.78 is 16.0. The van der Waals surface area contributed by atoms with Gasteiger partial charge in [0, 0.05) is 12.1 Å². The molecule has 0 saturated heterocycles. The summed E-state index contributed by atoms with van der Waals surface area (Å²) in [4.78, 5) is 23.0. The second-order valence-electron chi connectivity index (χ2n) is 4.96. The lowest BCUT2D eigenvalue weighted by Gasteiger charge is -2.07. The summed E-state index contributed by atoms with van der Waals surface area (Å²) in [5.41, 5.74) is 0.669. The SMILES string of the molecule is CCNC(=O)CNC(=O)CSc1nnc(-c2ccc(OC)c(OC)c2)o1. The van der Waals surface area contributed by atoms with Crippen LogP contribution >= 0.6 is 11.8 Å². The van der Waals surface area contributed by atoms with Crippen molar-refractivity contribution in [1.29, 1.82) is 0 Å². The molecule has 2 amide bonds. The van der Waals surface area contributed by atoms with Crippen LogP contribution < -0.4 is 20.1 Å². The number of hydrogen-bond donors (Lipinski definition) is 2. The van der Waals surface area contributed by atoms with Gasteiger partial charge in [0.15, 0.2) is 11.5 Å². The molecule has 2 rings (SSSR count). The van der Waals surface area contributed by atoms with E-state index in [1.54, 1.807) is 32.2 Å². The number of aromatic nitrogens is 2. The van der Waals surface area contributed by atoms with Crippen molar-refractivity contribution >= 4 is 23.6 Å². The standard InChI is InChI=1S/C16H20N4O5S/c1-4-17-13(21)8-18-14(22)9-26-16-20-19-15(25-16)10-5-6-11(23-2)12(7-10)24-3/h5-7H,4,8-9H2,1-3H3,(H,17,21)(H,18,22). The number of benzene rings is 1. The summed E-state index contributed by atoms with van der Waals surface area (Å²) in [6.07, 6.45) is 0. The van der Waals surface area contributed by atoms with Gasteiger partial charge in [-0.3, -0.25) is 9.59 Å². The smallest absolute Gasteiger partial charge is 0.277 e. The Labute approximate surface area is 154 Å². The van der Waals surface area contributed by atoms with Gasteiger partial charge >= 0.3 is 0 Å². The topological polar surface area (TPSA) is 116 Å². The second-order valence-corrected chi connectivity index (χ2v) is 5.89. The predicted octanol–water partition coefficient (Wildman–Crippen LogP) is 1.10. The molecule has 0 unspecified atom stereocenters. The number of nitrogens with zero attached hydrogens (tertiary/aromatic N) is 2. The highest BCUT2D eigenvalue weighted by Crippen LogP contribution is 2.32. The van der Waals surface area contributed by atoms with E-state index in [9.17, 15) is 9.59 Å². The molecule has 26 heavy (non-hydrogen) atoms. The van der Waals surface area contributed by atoms with Crippen molar-refractivity contribution in [2.24, 2.45) is 0 Å². The van der Waals surface area contributed by atoms with Gasteiger partial charge < -0.3 is 24.5 Å². The number of carbonyl (C=O) groups is 2. The van der Waals surface area contributed by atoms with Gasteiger partial charge in [-0.15, -0.1) is 10.2 Å². The van der Waals surface area contributed by atoms with E-state index in [0.717, 1.165) is 11.8 Å². The first kappa shape index (κ1) is 19.6. The summed E-state index contributed by atoms with van der Waals surface area (Å²) >= 11 is 1.09. The van der Waals surface area contributed by atoms with E-state index < -0.39 is 0 Å². The molecular weight excluding hydrogens is 360 g/mol. The highest BCUT2D eigenvalue weighted by Gasteiger charge is 2.14. The fourth-order valence-corrected chi connectivity index (χ4v) is 2.56. The first-order valence-corrected chi connectivity index (χ1v) is 8.78. The number of nitrogens with one attached hydrogen (secondary N) is 2. The van der Waals surface area contributed by atoms with E-state index in [2.05, 4.69) is 20.8 Å². The third-order valence-corrected chi connectivity index (χ3v) is 4.00. The number of amides is 2. The first-order chi connectivity index (χ1) is 12.6. The Kier molecular flexibility index (Phi) is 7.27. The van der Waals surface area contributed by atoms with Gasteiger partial charge in [-0.05, 0) is 25.1 Å². The molecule has 1 heterocycles. The molecule has 2 N–H and O–H groups in total. The van der Waals surface area contributed by atoms with Crippen LogP contribution in [0.5, 0.6) is 11.5 Å². The molecule has 0 spiro atoms. The molecule has 2 aromatic rings. The number of ether oxygens (including phenoxy) is 2. The average molecular weight is 380 g/mol. The minimum atomic E-state index is -0.299. The van der Waals surface area contributed by atoms with Crippen molar-refractivity contribution in [2.45, 2.75) is 12.1 Å². The first-order valence-electron chi connectivity index (χ1n) is 7.79. The second kappa shape index (κ2) is 9.66. The van der Waals surface area contributed by atoms with Crippen molar-refractivity contribution in [3.8, 4) is 23.0 Å². The van der Waals surface area contributed by atoms with Crippen molar-refractivity contribution in [3.63, 3.8) is 0 Å². The molecule has 0 fully saturated rings. The maximum atomic E-state index is 11.7. The minimum absolute atomic E-state index is 0.0615. The normalized spacial score (nSPS) is 10.3. The monoisotopic (exact) mass is 380 g/mol. The molecule has 0 aliphatic rings. The Hall–Kier alpha value is -2.75. The van der Waals surface area contributed by atoms with Gasteiger partial charge in [-0.2, -0.15) is 0 Å². The van der Waals surface area contributed by atoms with Crippen LogP contribution in [0.15, 0.2) is 27.8 Å². The Morgan fingerprint density at radius 1 is 1.12 bits per heavy atom. The van der Waals surface area contributed by atoms with Crippen LogP contribution in [0.4, 0.5) is 0 Å². The lowest BCUT2D eigenvalue weighted by Crippen LogP contribution is -2.37. The van der Waals surface area contributed by atoms with Crippen LogP contribution in [0.25, 0.3) is 11.5 Å². The number of likely N-dealkylation sites (N-methyl/N-ethyl adjacent to an activating group) is 1. The lowest BCUT2D eigenvalue weighted by molar-refractivity contribution is -0.124. The Morgan fingerprint density at radius 2 is 1.88 bits per heavy atom. The molecule has 140 valence electrons. The van der Waals surface area contributed by atoms with E-state index in [1.165, 1.54) is 7.11 Å². The van der Waals surface area contributed by atoms with Crippen LogP contribution in [0.3, 0.4) is 0 Å². The van der Waals surface area contributed by atoms with Gasteiger partial charge in [0.25, 0.3) is 5.22 Å². The zero-order valence-electron chi connectivity index (χ0n) is 14.7. The lowest BCUT2D eigenvalue weighted by atomic mass is 10.2. The Morgan fingerprint density at radius 3 is 2.58 bits per heavy atom. The molecule has 9 nitrogen and oxygen atoms in total. The fraction of sp³-hybridized carbons (Fsp3) is 0.375. The third-order valence-electron chi connectivity index (χ3n) is 3.18. The molecule has 0 aliphatic carbocycles. The fourth-order valence-electron chi connectivity index (χ4n) is 1.97. The van der Waals surface area contributed by atoms with Crippen molar-refractivity contribution < 1.29 is 23.5 Å². The van der Waals surface area contributed by atoms with Gasteiger partial charge in [-0.1, -0.05) is 11.8 Å². The summed E-state index contributed by atoms with van der Waals surface area (Å²) in [5.74, 6) is 0.964. The zero-order valence-corrected chi connectivity index (χ0v) is 15.5. The molecule has 0 radical (unpaired) electrons. The summed E-state index contributed by atoms with van der Waals surface area (Å²) in [6.45, 7) is 2.26. The van der Waals surface area contributed by atoms with Gasteiger partial charge in [0.2, 0.25) is 17.7 Å². The van der Waals surface area contributed by atoms with Gasteiger partial charge in [-0.25, -0.2) is 0 Å². The molecule has 0 saturated carbocycles. The highest BCUT2D eigenvalue weighted by atomic mass is 32.2. The molecule has 0 aliphatic heterocycles. The largest absolute Gasteiger partial charge is 0.493 e. The summed E-state index contributed by atoms with van der Waals surface area (Å²) in [5, 5.41) is 13.2. The minimum Gasteiger partial charge on any atom is -0.493 e. The van der Waals surface area contributed by atoms with E-state index in [0.29, 0.717) is 29.5 Å². The van der Waals surface area contributed by atoms with E-state index in [4.69, 9.17) is 13.9 Å². The quantitative estimate of drug-likeness (QED) is 0.621. The third kappa shape index (κ3) is 5.38. The van der Waals surface area contributed by atoms with Gasteiger partial charge in [0.05, 0.1) is 26.5 Å². The van der Waals surface area contributed by atoms with Crippen LogP contribution in [0.1, 0.15) is 6.92 Å². The molecule has 0 bridgehead atoms. The summed E-state index contributed by atoms with van der Waals surface area (Å²) in [7, 11) is 3.09. The Bertz CT molecular complexity index is 765. The van der Waals surface area contributed by atoms with Crippen LogP contribution in [-0.4, -0.2) is 55.1 Å². The Balaban J connectivity index is 1.91. The van der Waals surface area contributed by atoms with Crippen molar-refractivity contribution in [1.82, 2.24) is 20.8 Å². The highest BCUT2D eigenvalue weighted by molar-refractivity contribution is 7.99. The van der Waals surface area contributed by atoms with E-state index in [1.807, 2.05) is 0 Å². The van der Waals surface area contributed by atoms with E-state index in [-0.39, 0.29) is 29.3 Å². The maximum Gasteiger partial charge on any atom is 0.277 e. The summed E-state index contributed by atoms with van der Waals surface area (Å²) in [6, 6.07) is 5.22. The van der Waals surface area contributed by atoms with Gasteiger partial charge in [0.1, 0.15) is 0 Å². The molecular formula is C16H20N4O5S. The molecule has 1 aromatic carbocycles. The predicted molar refractivity (Wildman–Crippen MR) is 95.3 cm³/mol. The zero-order chi connectivity index (χ0) is 18.9. The number of rotatable bonds is 9. The molecule has 10 heteroatoms. The van der Waals surface area contributed by atoms with Crippen LogP contribution in [0, 0.1) is 0 Å². The van der Waals surface area contributed by atoms with E-state index >= 15 is 0 Å². The van der Waals surface area contributed by atoms with Crippen molar-refractivity contribution in [3.05, 3.63) is 18.2 Å². The number of hydrogen-bond acceptors (Lipinski definition) is 8. The molecule has 0 atom stereocenters. The van der Waals surface area contributed by atoms with Crippen LogP contribution in [-0.2, 0) is 9.59 Å². The molecule has 1 aromatic heterocycles. The average Bonchev–Trinajstić information content (AvgIpc) is 3.13. The number of carbonyl (C=O) groups excluding carboxylic acids is 2. The number of methoxy groups -OCH3 is 2. The number of thioether (sulfide) groups is 1.